The molecule has 2 nitrogen and oxygen atoms in total. The van der Waals surface area contributed by atoms with Crippen LogP contribution in [-0.4, -0.2) is 23.0 Å². The first-order valence-corrected chi connectivity index (χ1v) is 19.1. The largest absolute Gasteiger partial charge is 0.496 e. The number of hydrogen-bond acceptors (Lipinski definition) is 2. The molecule has 3 heteroatoms. The van der Waals surface area contributed by atoms with Crippen molar-refractivity contribution in [2.24, 2.45) is 0 Å². The quantitative estimate of drug-likeness (QED) is 0.195. The zero-order valence-corrected chi connectivity index (χ0v) is 29.3. The van der Waals surface area contributed by atoms with E-state index in [1.54, 1.807) is 14.2 Å². The minimum absolute atomic E-state index is 0.185. The van der Waals surface area contributed by atoms with Crippen LogP contribution in [-0.2, 0) is 0 Å². The Morgan fingerprint density at radius 2 is 0.917 bits per heavy atom. The average Bonchev–Trinajstić information content (AvgIpc) is 3.43. The van der Waals surface area contributed by atoms with E-state index in [1.807, 2.05) is 0 Å². The third kappa shape index (κ3) is 4.83. The molecule has 4 aliphatic rings. The van der Waals surface area contributed by atoms with Gasteiger partial charge in [0.1, 0.15) is 11.5 Å². The second-order valence-electron chi connectivity index (χ2n) is 13.5. The molecular formula is C45H41O2Si. The fourth-order valence-electron chi connectivity index (χ4n) is 8.87. The molecule has 0 fully saturated rings. The van der Waals surface area contributed by atoms with E-state index in [4.69, 9.17) is 9.47 Å². The summed E-state index contributed by atoms with van der Waals surface area (Å²) in [6.45, 7) is 7.32. The zero-order valence-electron chi connectivity index (χ0n) is 28.3. The summed E-state index contributed by atoms with van der Waals surface area (Å²) >= 11 is 0. The molecule has 0 amide bonds. The molecule has 0 aliphatic heterocycles. The zero-order chi connectivity index (χ0) is 32.9. The fourth-order valence-corrected chi connectivity index (χ4v) is 12.3. The third-order valence-electron chi connectivity index (χ3n) is 10.9. The molecule has 0 heterocycles. The Balaban J connectivity index is 1.20. The smallest absolute Gasteiger partial charge is 0.126 e. The second-order valence-corrected chi connectivity index (χ2v) is 16.1. The van der Waals surface area contributed by atoms with Crippen molar-refractivity contribution in [3.05, 3.63) is 178 Å². The van der Waals surface area contributed by atoms with E-state index in [0.717, 1.165) is 11.5 Å². The van der Waals surface area contributed by atoms with Crippen molar-refractivity contribution in [3.8, 4) is 11.5 Å². The van der Waals surface area contributed by atoms with Crippen molar-refractivity contribution < 1.29 is 9.47 Å². The van der Waals surface area contributed by atoms with Crippen molar-refractivity contribution in [2.45, 2.75) is 43.3 Å². The highest BCUT2D eigenvalue weighted by molar-refractivity contribution is 6.64. The summed E-state index contributed by atoms with van der Waals surface area (Å²) in [5.74, 6) is 2.22. The van der Waals surface area contributed by atoms with Crippen molar-refractivity contribution in [2.75, 3.05) is 14.2 Å². The highest BCUT2D eigenvalue weighted by atomic mass is 28.3. The van der Waals surface area contributed by atoms with Crippen molar-refractivity contribution in [1.82, 2.24) is 0 Å². The normalized spacial score (nSPS) is 23.0. The van der Waals surface area contributed by atoms with Crippen LogP contribution in [0.25, 0.3) is 21.5 Å². The molecule has 48 heavy (non-hydrogen) atoms. The molecule has 0 N–H and O–H groups in total. The number of hydrogen-bond donors (Lipinski definition) is 0. The highest BCUT2D eigenvalue weighted by Crippen LogP contribution is 2.54. The summed E-state index contributed by atoms with van der Waals surface area (Å²) in [5.41, 5.74) is 12.4. The third-order valence-corrected chi connectivity index (χ3v) is 14.2. The number of ether oxygens (including phenoxy) is 2. The number of fused-ring (bicyclic) bond motifs is 2. The predicted molar refractivity (Wildman–Crippen MR) is 204 cm³/mol. The average molecular weight is 642 g/mol. The van der Waals surface area contributed by atoms with E-state index < -0.39 is 8.80 Å². The molecule has 4 unspecified atom stereocenters. The van der Waals surface area contributed by atoms with E-state index in [1.165, 1.54) is 66.1 Å². The van der Waals surface area contributed by atoms with Crippen LogP contribution < -0.4 is 9.47 Å². The fraction of sp³-hybridized carbons (Fsp3) is 0.200. The van der Waals surface area contributed by atoms with Crippen molar-refractivity contribution in [3.63, 3.8) is 0 Å². The molecule has 0 aromatic heterocycles. The van der Waals surface area contributed by atoms with E-state index >= 15 is 0 Å². The van der Waals surface area contributed by atoms with Crippen molar-refractivity contribution >= 4 is 30.3 Å². The number of rotatable bonds is 6. The van der Waals surface area contributed by atoms with Crippen LogP contribution in [0, 0.1) is 0 Å². The monoisotopic (exact) mass is 641 g/mol. The van der Waals surface area contributed by atoms with Gasteiger partial charge >= 0.3 is 0 Å². The maximum Gasteiger partial charge on any atom is 0.126 e. The first-order chi connectivity index (χ1) is 23.5. The van der Waals surface area contributed by atoms with Gasteiger partial charge in [-0.2, -0.15) is 0 Å². The van der Waals surface area contributed by atoms with Gasteiger partial charge in [-0.3, -0.25) is 0 Å². The van der Waals surface area contributed by atoms with E-state index in [-0.39, 0.29) is 11.8 Å². The summed E-state index contributed by atoms with van der Waals surface area (Å²) in [5, 5.41) is 4.85. The molecule has 8 rings (SSSR count). The lowest BCUT2D eigenvalue weighted by Crippen LogP contribution is -2.25. The molecule has 4 atom stereocenters. The van der Waals surface area contributed by atoms with E-state index in [2.05, 4.69) is 154 Å². The van der Waals surface area contributed by atoms with Crippen LogP contribution >= 0.6 is 0 Å². The number of benzene rings is 4. The van der Waals surface area contributed by atoms with E-state index in [9.17, 15) is 0 Å². The minimum Gasteiger partial charge on any atom is -0.496 e. The summed E-state index contributed by atoms with van der Waals surface area (Å²) in [4.78, 5) is 0. The van der Waals surface area contributed by atoms with Crippen LogP contribution in [0.15, 0.2) is 167 Å². The van der Waals surface area contributed by atoms with Crippen LogP contribution in [0.2, 0.25) is 17.6 Å². The van der Waals surface area contributed by atoms with Gasteiger partial charge in [-0.05, 0) is 81.3 Å². The SMILES string of the molecule is COc1cccc2c(C3C=CC=CC4=C3C=C(C)C4[Si](C)C3C(C)=CC4=C3C=CC=CC4c3cccc4c(OC)cccc34)cccc12. The molecule has 4 aromatic carbocycles. The molecule has 0 spiro atoms. The van der Waals surface area contributed by atoms with Gasteiger partial charge in [-0.15, -0.1) is 0 Å². The number of allylic oxidation sites excluding steroid dienone is 16. The Bertz CT molecular complexity index is 2060. The molecule has 4 aliphatic carbocycles. The van der Waals surface area contributed by atoms with Gasteiger partial charge in [0, 0.05) is 22.6 Å². The topological polar surface area (TPSA) is 18.5 Å². The lowest BCUT2D eigenvalue weighted by Gasteiger charge is -2.30. The highest BCUT2D eigenvalue weighted by Gasteiger charge is 2.41. The maximum atomic E-state index is 5.76. The molecule has 0 saturated heterocycles. The van der Waals surface area contributed by atoms with Gasteiger partial charge in [-0.25, -0.2) is 0 Å². The van der Waals surface area contributed by atoms with Gasteiger partial charge in [0.05, 0.1) is 23.0 Å². The van der Waals surface area contributed by atoms with Crippen LogP contribution in [0.1, 0.15) is 36.8 Å². The van der Waals surface area contributed by atoms with Gasteiger partial charge in [-0.1, -0.05) is 139 Å². The lowest BCUT2D eigenvalue weighted by molar-refractivity contribution is 0.419. The Morgan fingerprint density at radius 1 is 0.500 bits per heavy atom. The molecular weight excluding hydrogens is 601 g/mol. The van der Waals surface area contributed by atoms with Crippen LogP contribution in [0.5, 0.6) is 11.5 Å². The first kappa shape index (κ1) is 30.5. The number of methoxy groups -OCH3 is 2. The maximum absolute atomic E-state index is 5.76. The van der Waals surface area contributed by atoms with Gasteiger partial charge < -0.3 is 9.47 Å². The summed E-state index contributed by atoms with van der Waals surface area (Å²) in [7, 11) is 2.55. The lowest BCUT2D eigenvalue weighted by atomic mass is 9.86. The Hall–Kier alpha value is -4.86. The summed E-state index contributed by atoms with van der Waals surface area (Å²) in [6, 6.07) is 26.1. The van der Waals surface area contributed by atoms with Crippen LogP contribution in [0.4, 0.5) is 0 Å². The Labute approximate surface area is 286 Å². The van der Waals surface area contributed by atoms with Gasteiger partial charge in [0.25, 0.3) is 0 Å². The molecule has 0 bridgehead atoms. The molecule has 0 saturated carbocycles. The Kier molecular flexibility index (Phi) is 7.81. The van der Waals surface area contributed by atoms with Crippen LogP contribution in [0.3, 0.4) is 0 Å². The molecule has 237 valence electrons. The molecule has 1 radical (unpaired) electrons. The predicted octanol–water partition coefficient (Wildman–Crippen LogP) is 11.5. The van der Waals surface area contributed by atoms with Crippen molar-refractivity contribution in [1.29, 1.82) is 0 Å². The summed E-state index contributed by atoms with van der Waals surface area (Å²) < 4.78 is 11.5. The minimum atomic E-state index is -0.976. The summed E-state index contributed by atoms with van der Waals surface area (Å²) in [6.07, 6.45) is 23.6. The second kappa shape index (κ2) is 12.3. The standard InChI is InChI=1S/C45H41O2Si/c1-28-26-40-34(30-18-10-22-36-32(30)20-12-24-42(36)46-3)14-6-8-16-38(40)44(28)48(5)45-29(2)27-41-35(15-7-9-17-39(41)45)31-19-11-23-37-33(31)21-13-25-43(37)47-4/h6-27,34-35,44-45H,1-5H3. The Morgan fingerprint density at radius 3 is 1.35 bits per heavy atom. The first-order valence-electron chi connectivity index (χ1n) is 17.0. The van der Waals surface area contributed by atoms with E-state index in [0.29, 0.717) is 11.1 Å². The molecule has 4 aromatic rings. The van der Waals surface area contributed by atoms with Gasteiger partial charge in [0.2, 0.25) is 0 Å². The van der Waals surface area contributed by atoms with Gasteiger partial charge in [0.15, 0.2) is 0 Å².